The van der Waals surface area contributed by atoms with E-state index < -0.39 is 0 Å². The number of nitrogens with one attached hydrogen (secondary N) is 2. The Morgan fingerprint density at radius 2 is 1.68 bits per heavy atom. The van der Waals surface area contributed by atoms with Crippen LogP contribution >= 0.6 is 23.2 Å². The van der Waals surface area contributed by atoms with Gasteiger partial charge in [-0.15, -0.1) is 0 Å². The Labute approximate surface area is 241 Å². The Morgan fingerprint density at radius 3 is 2.35 bits per heavy atom. The molecular weight excluding hydrogens is 555 g/mol. The van der Waals surface area contributed by atoms with Gasteiger partial charge >= 0.3 is 0 Å². The largest absolute Gasteiger partial charge is 0.478 e. The number of nitrogens with zero attached hydrogens (tertiary/aromatic N) is 6. The van der Waals surface area contributed by atoms with Crippen molar-refractivity contribution in [2.24, 2.45) is 0 Å². The summed E-state index contributed by atoms with van der Waals surface area (Å²) in [7, 11) is 0. The average Bonchev–Trinajstić information content (AvgIpc) is 3.64. The Hall–Kier alpha value is -3.43. The minimum Gasteiger partial charge on any atom is -0.478 e. The van der Waals surface area contributed by atoms with Crippen molar-refractivity contribution in [1.29, 1.82) is 5.26 Å². The van der Waals surface area contributed by atoms with Crippen LogP contribution in [-0.4, -0.2) is 75.5 Å². The highest BCUT2D eigenvalue weighted by atomic mass is 35.5. The number of ether oxygens (including phenoxy) is 1. The van der Waals surface area contributed by atoms with Gasteiger partial charge in [-0.25, -0.2) is 9.97 Å². The van der Waals surface area contributed by atoms with Crippen LogP contribution in [0, 0.1) is 11.3 Å². The summed E-state index contributed by atoms with van der Waals surface area (Å²) in [6.07, 6.45) is 5.86. The summed E-state index contributed by atoms with van der Waals surface area (Å²) in [5.41, 5.74) is 9.13. The molecule has 208 valence electrons. The normalized spacial score (nSPS) is 17.6. The van der Waals surface area contributed by atoms with E-state index >= 15 is 0 Å². The monoisotopic (exact) mass is 582 g/mol. The second-order valence-corrected chi connectivity index (χ2v) is 10.9. The molecule has 0 saturated carbocycles. The molecule has 0 bridgehead atoms. The molecule has 0 unspecified atom stereocenters. The molecule has 3 aliphatic heterocycles. The molecule has 13 heteroatoms. The molecule has 0 radical (unpaired) electrons. The number of halogens is 2. The standard InChI is InChI=1S/C27H28Cl2N8O3/c28-17-12-19(40-11-4-30)21-20(16-13-33-34-14-16)18-15-36(9-10-37(18)25(21)22(17)29)27(39)24-23(31-5-6-32-24)26(38)35-7-2-1-3-8-35/h5-6,12,16,33-34H,1-3,7-11,13-15H2. The predicted molar refractivity (Wildman–Crippen MR) is 148 cm³/mol. The molecule has 6 rings (SSSR count). The fourth-order valence-corrected chi connectivity index (χ4v) is 6.42. The Kier molecular flexibility index (Phi) is 7.51. The van der Waals surface area contributed by atoms with Gasteiger partial charge in [-0.05, 0) is 24.8 Å². The van der Waals surface area contributed by atoms with Crippen LogP contribution in [0.3, 0.4) is 0 Å². The number of rotatable bonds is 5. The summed E-state index contributed by atoms with van der Waals surface area (Å²) >= 11 is 13.3. The van der Waals surface area contributed by atoms with Crippen LogP contribution in [0.1, 0.15) is 57.4 Å². The Balaban J connectivity index is 1.41. The summed E-state index contributed by atoms with van der Waals surface area (Å²) in [6, 6.07) is 3.67. The molecule has 3 aliphatic rings. The highest BCUT2D eigenvalue weighted by Gasteiger charge is 2.36. The fraction of sp³-hybridized carbons (Fsp3) is 0.444. The molecule has 5 heterocycles. The second-order valence-electron chi connectivity index (χ2n) is 10.1. The van der Waals surface area contributed by atoms with E-state index in [4.69, 9.17) is 27.9 Å². The lowest BCUT2D eigenvalue weighted by Gasteiger charge is -2.31. The smallest absolute Gasteiger partial charge is 0.275 e. The van der Waals surface area contributed by atoms with Crippen LogP contribution in [0.5, 0.6) is 5.75 Å². The number of nitriles is 1. The van der Waals surface area contributed by atoms with Gasteiger partial charge in [0.1, 0.15) is 11.8 Å². The Morgan fingerprint density at radius 1 is 1.00 bits per heavy atom. The van der Waals surface area contributed by atoms with Crippen LogP contribution in [0.15, 0.2) is 18.5 Å². The molecule has 2 N–H and O–H groups in total. The highest BCUT2D eigenvalue weighted by molar-refractivity contribution is 6.45. The van der Waals surface area contributed by atoms with Gasteiger partial charge in [-0.1, -0.05) is 23.2 Å². The van der Waals surface area contributed by atoms with Crippen molar-refractivity contribution in [2.45, 2.75) is 38.3 Å². The van der Waals surface area contributed by atoms with Gasteiger partial charge in [0.15, 0.2) is 18.0 Å². The number of carbonyl (C=O) groups excluding carboxylic acids is 2. The maximum Gasteiger partial charge on any atom is 0.275 e. The summed E-state index contributed by atoms with van der Waals surface area (Å²) in [6.45, 7) is 3.60. The van der Waals surface area contributed by atoms with Crippen LogP contribution < -0.4 is 15.6 Å². The number of likely N-dealkylation sites (tertiary alicyclic amines) is 1. The number of amides is 2. The van der Waals surface area contributed by atoms with Crippen molar-refractivity contribution in [3.63, 3.8) is 0 Å². The van der Waals surface area contributed by atoms with E-state index in [1.807, 2.05) is 6.07 Å². The summed E-state index contributed by atoms with van der Waals surface area (Å²) in [5, 5.41) is 10.7. The highest BCUT2D eigenvalue weighted by Crippen LogP contribution is 2.46. The van der Waals surface area contributed by atoms with Crippen LogP contribution in [-0.2, 0) is 13.1 Å². The number of fused-ring (bicyclic) bond motifs is 3. The maximum absolute atomic E-state index is 13.9. The van der Waals surface area contributed by atoms with Crippen molar-refractivity contribution < 1.29 is 14.3 Å². The van der Waals surface area contributed by atoms with Crippen LogP contribution in [0.25, 0.3) is 10.9 Å². The zero-order valence-corrected chi connectivity index (χ0v) is 23.3. The molecule has 3 aromatic rings. The molecule has 1 aromatic carbocycles. The summed E-state index contributed by atoms with van der Waals surface area (Å²) in [5.74, 6) is -0.0605. The SMILES string of the molecule is N#CCOc1cc(Cl)c(Cl)c2c1c(C1CNNC1)c1n2CCN(C(=O)c2nccnc2C(=O)N2CCCCC2)C1. The van der Waals surface area contributed by atoms with Crippen molar-refractivity contribution >= 4 is 45.9 Å². The van der Waals surface area contributed by atoms with E-state index in [-0.39, 0.29) is 42.3 Å². The van der Waals surface area contributed by atoms with Crippen molar-refractivity contribution in [1.82, 2.24) is 35.2 Å². The van der Waals surface area contributed by atoms with Gasteiger partial charge in [0.05, 0.1) is 22.1 Å². The number of hydrogen-bond acceptors (Lipinski definition) is 8. The lowest BCUT2D eigenvalue weighted by atomic mass is 9.95. The molecule has 40 heavy (non-hydrogen) atoms. The maximum atomic E-state index is 13.9. The lowest BCUT2D eigenvalue weighted by Crippen LogP contribution is -2.41. The minimum absolute atomic E-state index is 0.0586. The minimum atomic E-state index is -0.344. The number of hydrogen-bond donors (Lipinski definition) is 2. The van der Waals surface area contributed by atoms with E-state index in [1.54, 1.807) is 15.9 Å². The molecule has 0 spiro atoms. The third-order valence-corrected chi connectivity index (χ3v) is 8.60. The first-order valence-electron chi connectivity index (χ1n) is 13.4. The molecule has 0 aliphatic carbocycles. The van der Waals surface area contributed by atoms with E-state index in [9.17, 15) is 14.9 Å². The van der Waals surface area contributed by atoms with Gasteiger partial charge in [-0.2, -0.15) is 5.26 Å². The number of hydrazine groups is 1. The molecular formula is C27H28Cl2N8O3. The van der Waals surface area contributed by atoms with Crippen LogP contribution in [0.4, 0.5) is 0 Å². The van der Waals surface area contributed by atoms with Gasteiger partial charge in [0.2, 0.25) is 0 Å². The fourth-order valence-electron chi connectivity index (χ4n) is 5.98. The molecule has 2 amide bonds. The third-order valence-electron chi connectivity index (χ3n) is 7.83. The number of benzene rings is 1. The Bertz CT molecular complexity index is 1520. The second kappa shape index (κ2) is 11.2. The molecule has 0 atom stereocenters. The topological polar surface area (TPSA) is 128 Å². The zero-order valence-electron chi connectivity index (χ0n) is 21.8. The van der Waals surface area contributed by atoms with Crippen molar-refractivity contribution in [3.8, 4) is 11.8 Å². The third kappa shape index (κ3) is 4.65. The first kappa shape index (κ1) is 26.8. The van der Waals surface area contributed by atoms with Gasteiger partial charge in [-0.3, -0.25) is 20.4 Å². The quantitative estimate of drug-likeness (QED) is 0.469. The molecule has 2 aromatic heterocycles. The predicted octanol–water partition coefficient (Wildman–Crippen LogP) is 3.11. The van der Waals surface area contributed by atoms with Gasteiger partial charge in [0, 0.05) is 74.7 Å². The summed E-state index contributed by atoms with van der Waals surface area (Å²) in [4.78, 5) is 39.3. The molecule has 2 fully saturated rings. The zero-order chi connectivity index (χ0) is 27.8. The van der Waals surface area contributed by atoms with Crippen LogP contribution in [0.2, 0.25) is 10.0 Å². The van der Waals surface area contributed by atoms with Crippen molar-refractivity contribution in [2.75, 3.05) is 39.3 Å². The molecule has 2 saturated heterocycles. The van der Waals surface area contributed by atoms with Crippen molar-refractivity contribution in [3.05, 3.63) is 51.2 Å². The first-order valence-corrected chi connectivity index (χ1v) is 14.1. The number of piperidine rings is 1. The molecule has 11 nitrogen and oxygen atoms in total. The van der Waals surface area contributed by atoms with E-state index in [0.29, 0.717) is 55.1 Å². The average molecular weight is 583 g/mol. The number of aromatic nitrogens is 3. The first-order chi connectivity index (χ1) is 19.5. The lowest BCUT2D eigenvalue weighted by molar-refractivity contribution is 0.0668. The van der Waals surface area contributed by atoms with E-state index in [0.717, 1.165) is 41.4 Å². The van der Waals surface area contributed by atoms with Gasteiger partial charge < -0.3 is 19.1 Å². The number of carbonyl (C=O) groups is 2. The van der Waals surface area contributed by atoms with E-state index in [1.165, 1.54) is 12.4 Å². The summed E-state index contributed by atoms with van der Waals surface area (Å²) < 4.78 is 7.92. The van der Waals surface area contributed by atoms with Gasteiger partial charge in [0.25, 0.3) is 11.8 Å². The van der Waals surface area contributed by atoms with E-state index in [2.05, 4.69) is 25.4 Å².